The first kappa shape index (κ1) is 18.2. The van der Waals surface area contributed by atoms with Crippen LogP contribution in [-0.4, -0.2) is 19.5 Å². The largest absolute Gasteiger partial charge is 0.333 e. The van der Waals surface area contributed by atoms with Crippen molar-refractivity contribution in [3.8, 4) is 16.8 Å². The third-order valence-corrected chi connectivity index (χ3v) is 5.73. The summed E-state index contributed by atoms with van der Waals surface area (Å²) in [5.41, 5.74) is 2.73. The van der Waals surface area contributed by atoms with Crippen molar-refractivity contribution >= 4 is 32.6 Å². The Morgan fingerprint density at radius 1 is 0.781 bits per heavy atom. The maximum atomic E-state index is 13.4. The quantitative estimate of drug-likeness (QED) is 0.452. The van der Waals surface area contributed by atoms with Crippen molar-refractivity contribution in [1.82, 2.24) is 19.5 Å². The molecule has 6 aromatic rings. The Labute approximate surface area is 181 Å². The van der Waals surface area contributed by atoms with Crippen molar-refractivity contribution in [1.29, 1.82) is 0 Å². The Balaban J connectivity index is 1.60. The average Bonchev–Trinajstić information content (AvgIpc) is 2.83. The first-order chi connectivity index (χ1) is 15.7. The van der Waals surface area contributed by atoms with Gasteiger partial charge < -0.3 is 4.98 Å². The van der Waals surface area contributed by atoms with Crippen molar-refractivity contribution in [3.05, 3.63) is 112 Å². The van der Waals surface area contributed by atoms with E-state index >= 15 is 0 Å². The topological polar surface area (TPSA) is 80.6 Å². The molecule has 152 valence electrons. The highest BCUT2D eigenvalue weighted by Gasteiger charge is 2.14. The van der Waals surface area contributed by atoms with Gasteiger partial charge in [-0.15, -0.1) is 0 Å². The zero-order valence-corrected chi connectivity index (χ0v) is 16.8. The summed E-state index contributed by atoms with van der Waals surface area (Å²) < 4.78 is 1.15. The minimum Gasteiger partial charge on any atom is -0.306 e. The fourth-order valence-corrected chi connectivity index (χ4v) is 4.22. The first-order valence-electron chi connectivity index (χ1n) is 10.2. The number of para-hydroxylation sites is 1. The van der Waals surface area contributed by atoms with E-state index in [1.54, 1.807) is 24.7 Å². The van der Waals surface area contributed by atoms with E-state index < -0.39 is 5.69 Å². The van der Waals surface area contributed by atoms with Gasteiger partial charge in [-0.05, 0) is 23.8 Å². The number of aromatic amines is 1. The van der Waals surface area contributed by atoms with E-state index in [1.807, 2.05) is 66.7 Å². The maximum Gasteiger partial charge on any atom is 0.333 e. The van der Waals surface area contributed by atoms with Crippen molar-refractivity contribution in [2.24, 2.45) is 0 Å². The highest BCUT2D eigenvalue weighted by molar-refractivity contribution is 5.96. The predicted octanol–water partition coefficient (Wildman–Crippen LogP) is 4.44. The fourth-order valence-electron chi connectivity index (χ4n) is 4.22. The normalized spacial score (nSPS) is 11.4. The summed E-state index contributed by atoms with van der Waals surface area (Å²) >= 11 is 0. The van der Waals surface area contributed by atoms with Crippen LogP contribution in [0.25, 0.3) is 49.4 Å². The van der Waals surface area contributed by atoms with Crippen LogP contribution in [0.15, 0.2) is 101 Å². The molecule has 6 heteroatoms. The molecular weight excluding hydrogens is 400 g/mol. The van der Waals surface area contributed by atoms with Crippen LogP contribution < -0.4 is 11.2 Å². The number of nitrogens with one attached hydrogen (secondary N) is 1. The van der Waals surface area contributed by atoms with Gasteiger partial charge in [0.05, 0.1) is 28.3 Å². The van der Waals surface area contributed by atoms with Crippen LogP contribution >= 0.6 is 0 Å². The molecule has 1 N–H and O–H groups in total. The van der Waals surface area contributed by atoms with Crippen LogP contribution in [0.4, 0.5) is 0 Å². The lowest BCUT2D eigenvalue weighted by molar-refractivity contribution is 0.902. The molecule has 6 nitrogen and oxygen atoms in total. The van der Waals surface area contributed by atoms with Crippen molar-refractivity contribution in [2.75, 3.05) is 0 Å². The van der Waals surface area contributed by atoms with Gasteiger partial charge in [-0.3, -0.25) is 14.8 Å². The standard InChI is InChI=1S/C26H16N4O2/c31-25-21-11-10-17(20-9-3-6-16-7-4-12-28-24(16)20)13-22(21)29-26(32)30(25)23-15-27-14-18-5-1-2-8-19(18)23/h1-15H,(H,29,32). The van der Waals surface area contributed by atoms with E-state index in [0.29, 0.717) is 16.6 Å². The molecule has 0 saturated heterocycles. The van der Waals surface area contributed by atoms with Crippen LogP contribution in [0.5, 0.6) is 0 Å². The average molecular weight is 416 g/mol. The summed E-state index contributed by atoms with van der Waals surface area (Å²) in [7, 11) is 0. The first-order valence-corrected chi connectivity index (χ1v) is 10.2. The Hall–Kier alpha value is -4.58. The number of benzene rings is 3. The molecule has 0 saturated carbocycles. The number of aromatic nitrogens is 4. The smallest absolute Gasteiger partial charge is 0.306 e. The van der Waals surface area contributed by atoms with Crippen molar-refractivity contribution in [2.45, 2.75) is 0 Å². The molecule has 0 radical (unpaired) electrons. The van der Waals surface area contributed by atoms with Gasteiger partial charge in [0.15, 0.2) is 0 Å². The lowest BCUT2D eigenvalue weighted by Crippen LogP contribution is -2.33. The number of rotatable bonds is 2. The second-order valence-electron chi connectivity index (χ2n) is 7.59. The van der Waals surface area contributed by atoms with Gasteiger partial charge in [0.25, 0.3) is 5.56 Å². The van der Waals surface area contributed by atoms with Gasteiger partial charge in [0.1, 0.15) is 0 Å². The Kier molecular flexibility index (Phi) is 3.98. The molecular formula is C26H16N4O2. The molecule has 0 bridgehead atoms. The summed E-state index contributed by atoms with van der Waals surface area (Å²) in [5.74, 6) is 0. The van der Waals surface area contributed by atoms with Crippen LogP contribution in [0.1, 0.15) is 0 Å². The highest BCUT2D eigenvalue weighted by Crippen LogP contribution is 2.28. The number of nitrogens with zero attached hydrogens (tertiary/aromatic N) is 3. The number of hydrogen-bond acceptors (Lipinski definition) is 4. The Bertz CT molecular complexity index is 1770. The van der Waals surface area contributed by atoms with E-state index in [0.717, 1.165) is 37.4 Å². The Morgan fingerprint density at radius 3 is 2.56 bits per heavy atom. The molecule has 3 aromatic heterocycles. The minimum atomic E-state index is -0.506. The third kappa shape index (κ3) is 2.74. The van der Waals surface area contributed by atoms with E-state index in [9.17, 15) is 9.59 Å². The van der Waals surface area contributed by atoms with Gasteiger partial charge in [0.2, 0.25) is 0 Å². The predicted molar refractivity (Wildman–Crippen MR) is 126 cm³/mol. The van der Waals surface area contributed by atoms with Gasteiger partial charge in [-0.1, -0.05) is 54.6 Å². The summed E-state index contributed by atoms with van der Waals surface area (Å²) in [6.45, 7) is 0. The monoisotopic (exact) mass is 416 g/mol. The van der Waals surface area contributed by atoms with Crippen LogP contribution in [0, 0.1) is 0 Å². The van der Waals surface area contributed by atoms with Crippen molar-refractivity contribution < 1.29 is 0 Å². The lowest BCUT2D eigenvalue weighted by atomic mass is 10.0. The minimum absolute atomic E-state index is 0.385. The zero-order valence-electron chi connectivity index (χ0n) is 16.8. The number of fused-ring (bicyclic) bond motifs is 3. The molecule has 0 unspecified atom stereocenters. The SMILES string of the molecule is O=c1[nH]c2cc(-c3cccc4cccnc34)ccc2c(=O)n1-c1cncc2ccccc12. The number of H-pyrrole nitrogens is 1. The maximum absolute atomic E-state index is 13.4. The molecule has 0 aliphatic heterocycles. The summed E-state index contributed by atoms with van der Waals surface area (Å²) in [4.78, 5) is 38.0. The molecule has 0 atom stereocenters. The molecule has 6 rings (SSSR count). The molecule has 0 aliphatic carbocycles. The summed E-state index contributed by atoms with van der Waals surface area (Å²) in [6.07, 6.45) is 5.01. The lowest BCUT2D eigenvalue weighted by Gasteiger charge is -2.11. The second-order valence-corrected chi connectivity index (χ2v) is 7.59. The molecule has 0 amide bonds. The summed E-state index contributed by atoms with van der Waals surface area (Å²) in [6, 6.07) is 22.9. The zero-order chi connectivity index (χ0) is 21.7. The van der Waals surface area contributed by atoms with E-state index in [4.69, 9.17) is 0 Å². The summed E-state index contributed by atoms with van der Waals surface area (Å²) in [5, 5.41) is 3.09. The molecule has 3 aromatic carbocycles. The second kappa shape index (κ2) is 6.99. The van der Waals surface area contributed by atoms with Crippen LogP contribution in [-0.2, 0) is 0 Å². The fraction of sp³-hybridized carbons (Fsp3) is 0. The van der Waals surface area contributed by atoms with Crippen LogP contribution in [0.3, 0.4) is 0 Å². The van der Waals surface area contributed by atoms with Gasteiger partial charge in [0, 0.05) is 34.1 Å². The molecule has 32 heavy (non-hydrogen) atoms. The molecule has 3 heterocycles. The van der Waals surface area contributed by atoms with Gasteiger partial charge in [-0.25, -0.2) is 9.36 Å². The van der Waals surface area contributed by atoms with Gasteiger partial charge in [-0.2, -0.15) is 0 Å². The third-order valence-electron chi connectivity index (χ3n) is 5.73. The van der Waals surface area contributed by atoms with Gasteiger partial charge >= 0.3 is 5.69 Å². The van der Waals surface area contributed by atoms with Crippen molar-refractivity contribution in [3.63, 3.8) is 0 Å². The van der Waals surface area contributed by atoms with E-state index in [1.165, 1.54) is 0 Å². The Morgan fingerprint density at radius 2 is 1.62 bits per heavy atom. The van der Waals surface area contributed by atoms with E-state index in [2.05, 4.69) is 15.0 Å². The highest BCUT2D eigenvalue weighted by atomic mass is 16.2. The molecule has 0 fully saturated rings. The van der Waals surface area contributed by atoms with Crippen LogP contribution in [0.2, 0.25) is 0 Å². The number of pyridine rings is 2. The molecule has 0 spiro atoms. The number of hydrogen-bond donors (Lipinski definition) is 1. The molecule has 0 aliphatic rings. The van der Waals surface area contributed by atoms with E-state index in [-0.39, 0.29) is 5.56 Å².